The van der Waals surface area contributed by atoms with Crippen LogP contribution in [0, 0.1) is 6.92 Å². The minimum absolute atomic E-state index is 0.178. The van der Waals surface area contributed by atoms with Crippen LogP contribution in [0.4, 0.5) is 10.5 Å². The number of amides is 1. The highest BCUT2D eigenvalue weighted by Crippen LogP contribution is 1.99. The standard InChI is InChI=1S/C8H10N2O3/c1-5-3-4-6(7(11)9-5)10-8(12)13-2/h3-4H,1-2H3,(H,9,11)(H,10,12). The molecule has 0 bridgehead atoms. The van der Waals surface area contributed by atoms with Crippen LogP contribution in [0.2, 0.25) is 0 Å². The third-order valence-electron chi connectivity index (χ3n) is 1.48. The van der Waals surface area contributed by atoms with E-state index in [4.69, 9.17) is 0 Å². The number of ether oxygens (including phenoxy) is 1. The Bertz CT molecular complexity index is 370. The van der Waals surface area contributed by atoms with Gasteiger partial charge in [0, 0.05) is 5.69 Å². The van der Waals surface area contributed by atoms with Crippen molar-refractivity contribution in [2.75, 3.05) is 12.4 Å². The van der Waals surface area contributed by atoms with Crippen LogP contribution in [-0.2, 0) is 4.74 Å². The Morgan fingerprint density at radius 3 is 2.77 bits per heavy atom. The molecule has 70 valence electrons. The van der Waals surface area contributed by atoms with E-state index in [0.29, 0.717) is 0 Å². The third-order valence-corrected chi connectivity index (χ3v) is 1.48. The van der Waals surface area contributed by atoms with E-state index >= 15 is 0 Å². The second-order valence-corrected chi connectivity index (χ2v) is 2.50. The van der Waals surface area contributed by atoms with Gasteiger partial charge in [0.1, 0.15) is 5.69 Å². The fourth-order valence-corrected chi connectivity index (χ4v) is 0.832. The number of anilines is 1. The molecule has 0 aliphatic carbocycles. The summed E-state index contributed by atoms with van der Waals surface area (Å²) in [7, 11) is 1.23. The molecule has 0 aliphatic rings. The van der Waals surface area contributed by atoms with E-state index in [1.54, 1.807) is 13.0 Å². The van der Waals surface area contributed by atoms with E-state index in [9.17, 15) is 9.59 Å². The van der Waals surface area contributed by atoms with Gasteiger partial charge in [-0.15, -0.1) is 0 Å². The SMILES string of the molecule is COC(=O)Nc1ccc(C)[nH]c1=O. The van der Waals surface area contributed by atoms with E-state index < -0.39 is 6.09 Å². The van der Waals surface area contributed by atoms with Gasteiger partial charge in [0.25, 0.3) is 5.56 Å². The summed E-state index contributed by atoms with van der Waals surface area (Å²) in [5.74, 6) is 0. The summed E-state index contributed by atoms with van der Waals surface area (Å²) in [6.45, 7) is 1.75. The molecule has 0 spiro atoms. The first-order chi connectivity index (χ1) is 6.13. The number of carbonyl (C=O) groups is 1. The Balaban J connectivity index is 2.90. The Labute approximate surface area is 74.7 Å². The minimum atomic E-state index is -0.658. The molecule has 1 amide bonds. The smallest absolute Gasteiger partial charge is 0.411 e. The number of aryl methyl sites for hydroxylation is 1. The van der Waals surface area contributed by atoms with E-state index in [-0.39, 0.29) is 11.2 Å². The van der Waals surface area contributed by atoms with Crippen LogP contribution in [-0.4, -0.2) is 18.2 Å². The lowest BCUT2D eigenvalue weighted by Gasteiger charge is -2.01. The molecule has 13 heavy (non-hydrogen) atoms. The number of rotatable bonds is 1. The molecule has 0 aliphatic heterocycles. The minimum Gasteiger partial charge on any atom is -0.453 e. The molecule has 2 N–H and O–H groups in total. The molecular formula is C8H10N2O3. The molecule has 0 fully saturated rings. The molecule has 0 radical (unpaired) electrons. The number of H-pyrrole nitrogens is 1. The number of carbonyl (C=O) groups excluding carboxylic acids is 1. The molecule has 1 heterocycles. The molecule has 1 aromatic rings. The van der Waals surface area contributed by atoms with E-state index in [2.05, 4.69) is 15.0 Å². The van der Waals surface area contributed by atoms with Crippen LogP contribution in [0.25, 0.3) is 0 Å². The second-order valence-electron chi connectivity index (χ2n) is 2.50. The zero-order valence-electron chi connectivity index (χ0n) is 7.38. The Kier molecular flexibility index (Phi) is 2.69. The van der Waals surface area contributed by atoms with E-state index in [1.165, 1.54) is 13.2 Å². The van der Waals surface area contributed by atoms with Crippen LogP contribution < -0.4 is 10.9 Å². The molecule has 0 saturated carbocycles. The maximum Gasteiger partial charge on any atom is 0.411 e. The fraction of sp³-hybridized carbons (Fsp3) is 0.250. The number of nitrogens with one attached hydrogen (secondary N) is 2. The average Bonchev–Trinajstić information content (AvgIpc) is 2.09. The molecular weight excluding hydrogens is 172 g/mol. The van der Waals surface area contributed by atoms with E-state index in [1.807, 2.05) is 0 Å². The van der Waals surface area contributed by atoms with Gasteiger partial charge >= 0.3 is 6.09 Å². The van der Waals surface area contributed by atoms with Gasteiger partial charge in [-0.2, -0.15) is 0 Å². The molecule has 0 atom stereocenters. The van der Waals surface area contributed by atoms with Crippen LogP contribution in [0.5, 0.6) is 0 Å². The maximum absolute atomic E-state index is 11.2. The van der Waals surface area contributed by atoms with Crippen LogP contribution in [0.15, 0.2) is 16.9 Å². The van der Waals surface area contributed by atoms with Crippen molar-refractivity contribution in [2.24, 2.45) is 0 Å². The number of aromatic nitrogens is 1. The van der Waals surface area contributed by atoms with Gasteiger partial charge in [-0.25, -0.2) is 4.79 Å². The quantitative estimate of drug-likeness (QED) is 0.676. The van der Waals surface area contributed by atoms with Crippen LogP contribution in [0.1, 0.15) is 5.69 Å². The Hall–Kier alpha value is -1.78. The molecule has 5 nitrogen and oxygen atoms in total. The summed E-state index contributed by atoms with van der Waals surface area (Å²) in [6.07, 6.45) is -0.658. The predicted octanol–water partition coefficient (Wildman–Crippen LogP) is 0.862. The number of methoxy groups -OCH3 is 1. The second kappa shape index (κ2) is 3.75. The van der Waals surface area contributed by atoms with Gasteiger partial charge in [0.05, 0.1) is 7.11 Å². The van der Waals surface area contributed by atoms with Crippen molar-refractivity contribution in [3.63, 3.8) is 0 Å². The molecule has 0 saturated heterocycles. The maximum atomic E-state index is 11.2. The largest absolute Gasteiger partial charge is 0.453 e. The van der Waals surface area contributed by atoms with Gasteiger partial charge in [-0.3, -0.25) is 10.1 Å². The van der Waals surface area contributed by atoms with Crippen molar-refractivity contribution in [2.45, 2.75) is 6.92 Å². The van der Waals surface area contributed by atoms with Crippen molar-refractivity contribution in [1.29, 1.82) is 0 Å². The molecule has 0 unspecified atom stereocenters. The first-order valence-corrected chi connectivity index (χ1v) is 3.68. The summed E-state index contributed by atoms with van der Waals surface area (Å²) >= 11 is 0. The average molecular weight is 182 g/mol. The summed E-state index contributed by atoms with van der Waals surface area (Å²) in [6, 6.07) is 3.21. The number of hydrogen-bond donors (Lipinski definition) is 2. The Morgan fingerprint density at radius 2 is 2.23 bits per heavy atom. The van der Waals surface area contributed by atoms with Crippen molar-refractivity contribution in [3.8, 4) is 0 Å². The van der Waals surface area contributed by atoms with Crippen molar-refractivity contribution >= 4 is 11.8 Å². The predicted molar refractivity (Wildman–Crippen MR) is 47.8 cm³/mol. The Morgan fingerprint density at radius 1 is 1.54 bits per heavy atom. The number of pyridine rings is 1. The van der Waals surface area contributed by atoms with Gasteiger partial charge < -0.3 is 9.72 Å². The summed E-state index contributed by atoms with van der Waals surface area (Å²) in [5.41, 5.74) is 0.572. The molecule has 1 rings (SSSR count). The molecule has 0 aromatic carbocycles. The van der Waals surface area contributed by atoms with Crippen molar-refractivity contribution in [3.05, 3.63) is 28.2 Å². The van der Waals surface area contributed by atoms with Gasteiger partial charge in [-0.1, -0.05) is 0 Å². The van der Waals surface area contributed by atoms with Gasteiger partial charge in [-0.05, 0) is 19.1 Å². The summed E-state index contributed by atoms with van der Waals surface area (Å²) in [4.78, 5) is 24.4. The van der Waals surface area contributed by atoms with Gasteiger partial charge in [0.15, 0.2) is 0 Å². The number of hydrogen-bond acceptors (Lipinski definition) is 3. The monoisotopic (exact) mass is 182 g/mol. The molecule has 5 heteroatoms. The zero-order valence-corrected chi connectivity index (χ0v) is 7.38. The lowest BCUT2D eigenvalue weighted by atomic mass is 10.3. The first kappa shape index (κ1) is 9.31. The van der Waals surface area contributed by atoms with Crippen LogP contribution >= 0.6 is 0 Å². The molecule has 1 aromatic heterocycles. The normalized spacial score (nSPS) is 9.38. The van der Waals surface area contributed by atoms with Crippen molar-refractivity contribution in [1.82, 2.24) is 4.98 Å². The van der Waals surface area contributed by atoms with Gasteiger partial charge in [0.2, 0.25) is 0 Å². The third kappa shape index (κ3) is 2.33. The first-order valence-electron chi connectivity index (χ1n) is 3.68. The van der Waals surface area contributed by atoms with E-state index in [0.717, 1.165) is 5.69 Å². The lowest BCUT2D eigenvalue weighted by Crippen LogP contribution is -2.19. The van der Waals surface area contributed by atoms with Crippen molar-refractivity contribution < 1.29 is 9.53 Å². The summed E-state index contributed by atoms with van der Waals surface area (Å²) < 4.78 is 4.34. The topological polar surface area (TPSA) is 71.2 Å². The lowest BCUT2D eigenvalue weighted by molar-refractivity contribution is 0.187. The highest BCUT2D eigenvalue weighted by atomic mass is 16.5. The summed E-state index contributed by atoms with van der Waals surface area (Å²) in [5, 5.41) is 2.28. The highest BCUT2D eigenvalue weighted by molar-refractivity contribution is 5.84. The fourth-order valence-electron chi connectivity index (χ4n) is 0.832. The van der Waals surface area contributed by atoms with Crippen LogP contribution in [0.3, 0.4) is 0 Å². The zero-order chi connectivity index (χ0) is 9.84. The number of aromatic amines is 1. The highest BCUT2D eigenvalue weighted by Gasteiger charge is 2.03.